The molecule has 2 rings (SSSR count). The lowest BCUT2D eigenvalue weighted by Crippen LogP contribution is -2.42. The van der Waals surface area contributed by atoms with Gasteiger partial charge in [-0.15, -0.1) is 0 Å². The number of nitrogens with zero attached hydrogens (tertiary/aromatic N) is 2. The largest absolute Gasteiger partial charge is 0.387 e. The molecule has 0 aliphatic carbocycles. The fourth-order valence-corrected chi connectivity index (χ4v) is 2.87. The summed E-state index contributed by atoms with van der Waals surface area (Å²) in [6.45, 7) is 2.58. The Morgan fingerprint density at radius 1 is 1.48 bits per heavy atom. The number of hydrogen-bond donors (Lipinski definition) is 2. The molecule has 1 atom stereocenters. The molecule has 2 N–H and O–H groups in total. The number of aromatic nitrogens is 2. The maximum absolute atomic E-state index is 11.9. The van der Waals surface area contributed by atoms with E-state index in [0.29, 0.717) is 18.7 Å². The number of imidazole rings is 1. The smallest absolute Gasteiger partial charge is 0.221 e. The number of thioether (sulfide) groups is 1. The van der Waals surface area contributed by atoms with Gasteiger partial charge in [0.15, 0.2) is 0 Å². The third-order valence-electron chi connectivity index (χ3n) is 3.23. The van der Waals surface area contributed by atoms with Crippen molar-refractivity contribution < 1.29 is 9.90 Å². The van der Waals surface area contributed by atoms with E-state index in [0.717, 1.165) is 11.0 Å². The highest BCUT2D eigenvalue weighted by molar-refractivity contribution is 7.98. The molecule has 0 saturated carbocycles. The van der Waals surface area contributed by atoms with Crippen LogP contribution in [0.5, 0.6) is 0 Å². The van der Waals surface area contributed by atoms with Crippen LogP contribution in [0.1, 0.15) is 13.3 Å². The van der Waals surface area contributed by atoms with Crippen LogP contribution in [-0.2, 0) is 11.3 Å². The zero-order chi connectivity index (χ0) is 15.3. The van der Waals surface area contributed by atoms with Crippen molar-refractivity contribution in [2.75, 3.05) is 18.6 Å². The highest BCUT2D eigenvalue weighted by atomic mass is 32.2. The number of nitrogens with one attached hydrogen (secondary N) is 1. The minimum atomic E-state index is -0.864. The fourth-order valence-electron chi connectivity index (χ4n) is 2.15. The molecule has 0 fully saturated rings. The zero-order valence-electron chi connectivity index (χ0n) is 12.4. The van der Waals surface area contributed by atoms with Crippen LogP contribution in [-0.4, -0.2) is 44.7 Å². The lowest BCUT2D eigenvalue weighted by Gasteiger charge is -2.22. The number of rotatable bonds is 7. The zero-order valence-corrected chi connectivity index (χ0v) is 13.2. The molecule has 0 saturated heterocycles. The number of hydrogen-bond acceptors (Lipinski definition) is 4. The number of carbonyl (C=O) groups excluding carboxylic acids is 1. The van der Waals surface area contributed by atoms with Crippen LogP contribution in [0.25, 0.3) is 11.0 Å². The van der Waals surface area contributed by atoms with Gasteiger partial charge < -0.3 is 15.0 Å². The first kappa shape index (κ1) is 15.9. The van der Waals surface area contributed by atoms with E-state index < -0.39 is 5.60 Å². The van der Waals surface area contributed by atoms with Gasteiger partial charge >= 0.3 is 0 Å². The fraction of sp³-hybridized carbons (Fsp3) is 0.467. The van der Waals surface area contributed by atoms with Crippen LogP contribution in [0.15, 0.2) is 30.6 Å². The van der Waals surface area contributed by atoms with Crippen LogP contribution < -0.4 is 5.32 Å². The summed E-state index contributed by atoms with van der Waals surface area (Å²) in [6, 6.07) is 7.84. The molecule has 0 spiro atoms. The molecule has 5 nitrogen and oxygen atoms in total. The van der Waals surface area contributed by atoms with Crippen LogP contribution in [0.2, 0.25) is 0 Å². The average Bonchev–Trinajstić information content (AvgIpc) is 2.86. The summed E-state index contributed by atoms with van der Waals surface area (Å²) in [6.07, 6.45) is 4.05. The molecule has 1 aromatic heterocycles. The van der Waals surface area contributed by atoms with Crippen molar-refractivity contribution >= 4 is 28.7 Å². The summed E-state index contributed by atoms with van der Waals surface area (Å²) in [5.41, 5.74) is 1.09. The molecule has 114 valence electrons. The van der Waals surface area contributed by atoms with E-state index in [9.17, 15) is 9.90 Å². The van der Waals surface area contributed by atoms with Crippen molar-refractivity contribution in [3.8, 4) is 0 Å². The van der Waals surface area contributed by atoms with E-state index in [1.807, 2.05) is 35.1 Å². The molecule has 0 bridgehead atoms. The Morgan fingerprint density at radius 2 is 2.24 bits per heavy atom. The second-order valence-corrected chi connectivity index (χ2v) is 6.25. The molecule has 0 radical (unpaired) electrons. The van der Waals surface area contributed by atoms with E-state index in [4.69, 9.17) is 0 Å². The van der Waals surface area contributed by atoms with Crippen molar-refractivity contribution in [3.63, 3.8) is 0 Å². The second-order valence-electron chi connectivity index (χ2n) is 5.38. The summed E-state index contributed by atoms with van der Waals surface area (Å²) in [5.74, 6) is 0.536. The van der Waals surface area contributed by atoms with Crippen molar-refractivity contribution in [1.29, 1.82) is 0 Å². The highest BCUT2D eigenvalue weighted by Gasteiger charge is 2.20. The molecule has 2 aromatic rings. The van der Waals surface area contributed by atoms with Crippen molar-refractivity contribution in [3.05, 3.63) is 30.6 Å². The Morgan fingerprint density at radius 3 is 3.00 bits per heavy atom. The van der Waals surface area contributed by atoms with Gasteiger partial charge in [-0.2, -0.15) is 11.8 Å². The highest BCUT2D eigenvalue weighted by Crippen LogP contribution is 2.12. The number of fused-ring (bicyclic) bond motifs is 1. The van der Waals surface area contributed by atoms with E-state index >= 15 is 0 Å². The van der Waals surface area contributed by atoms with Gasteiger partial charge in [-0.1, -0.05) is 12.1 Å². The summed E-state index contributed by atoms with van der Waals surface area (Å²) in [4.78, 5) is 16.2. The van der Waals surface area contributed by atoms with Gasteiger partial charge in [0.05, 0.1) is 23.0 Å². The van der Waals surface area contributed by atoms with Crippen molar-refractivity contribution in [1.82, 2.24) is 14.9 Å². The molecule has 1 unspecified atom stereocenters. The van der Waals surface area contributed by atoms with Crippen LogP contribution in [0, 0.1) is 0 Å². The first-order valence-corrected chi connectivity index (χ1v) is 8.29. The third kappa shape index (κ3) is 4.47. The molecular weight excluding hydrogens is 286 g/mol. The van der Waals surface area contributed by atoms with Crippen LogP contribution >= 0.6 is 11.8 Å². The number of carbonyl (C=O) groups is 1. The number of aliphatic hydroxyl groups is 1. The summed E-state index contributed by atoms with van der Waals surface area (Å²) < 4.78 is 1.97. The van der Waals surface area contributed by atoms with Gasteiger partial charge in [-0.05, 0) is 25.3 Å². The maximum Gasteiger partial charge on any atom is 0.221 e. The molecule has 6 heteroatoms. The normalized spacial score (nSPS) is 14.0. The lowest BCUT2D eigenvalue weighted by atomic mass is 10.1. The Labute approximate surface area is 128 Å². The average molecular weight is 307 g/mol. The van der Waals surface area contributed by atoms with E-state index in [1.165, 1.54) is 0 Å². The first-order valence-electron chi connectivity index (χ1n) is 6.90. The summed E-state index contributed by atoms with van der Waals surface area (Å²) >= 11 is 1.56. The number of para-hydroxylation sites is 2. The van der Waals surface area contributed by atoms with Crippen LogP contribution in [0.4, 0.5) is 0 Å². The van der Waals surface area contributed by atoms with Gasteiger partial charge in [0.2, 0.25) is 5.91 Å². The monoisotopic (exact) mass is 307 g/mol. The summed E-state index contributed by atoms with van der Waals surface area (Å²) in [5, 5.41) is 12.8. The van der Waals surface area contributed by atoms with Crippen molar-refractivity contribution in [2.45, 2.75) is 25.5 Å². The SMILES string of the molecule is CSCC(C)(O)CNC(=O)CCn1cnc2ccccc21. The predicted molar refractivity (Wildman–Crippen MR) is 86.4 cm³/mol. The van der Waals surface area contributed by atoms with E-state index in [1.54, 1.807) is 25.0 Å². The molecule has 1 heterocycles. The first-order chi connectivity index (χ1) is 10.0. The lowest BCUT2D eigenvalue weighted by molar-refractivity contribution is -0.122. The van der Waals surface area contributed by atoms with E-state index in [2.05, 4.69) is 10.3 Å². The minimum absolute atomic E-state index is 0.0610. The Kier molecular flexibility index (Phi) is 5.25. The van der Waals surface area contributed by atoms with Gasteiger partial charge in [0.25, 0.3) is 0 Å². The maximum atomic E-state index is 11.9. The molecule has 21 heavy (non-hydrogen) atoms. The van der Waals surface area contributed by atoms with Gasteiger partial charge in [0.1, 0.15) is 0 Å². The third-order valence-corrected chi connectivity index (χ3v) is 4.14. The number of aryl methyl sites for hydroxylation is 1. The number of amides is 1. The minimum Gasteiger partial charge on any atom is -0.387 e. The molecular formula is C15H21N3O2S. The Balaban J connectivity index is 1.84. The second kappa shape index (κ2) is 6.95. The van der Waals surface area contributed by atoms with Gasteiger partial charge in [-0.3, -0.25) is 4.79 Å². The van der Waals surface area contributed by atoms with Crippen molar-refractivity contribution in [2.24, 2.45) is 0 Å². The quantitative estimate of drug-likeness (QED) is 0.816. The predicted octanol–water partition coefficient (Wildman–Crippen LogP) is 1.66. The molecule has 0 aliphatic heterocycles. The molecule has 0 aliphatic rings. The summed E-state index contributed by atoms with van der Waals surface area (Å²) in [7, 11) is 0. The van der Waals surface area contributed by atoms with Crippen LogP contribution in [0.3, 0.4) is 0 Å². The Hall–Kier alpha value is -1.53. The van der Waals surface area contributed by atoms with Gasteiger partial charge in [-0.25, -0.2) is 4.98 Å². The topological polar surface area (TPSA) is 67.2 Å². The standard InChI is InChI=1S/C15H21N3O2S/c1-15(20,10-21-2)9-16-14(19)7-8-18-11-17-12-5-3-4-6-13(12)18/h3-6,11,20H,7-10H2,1-2H3,(H,16,19). The van der Waals surface area contributed by atoms with E-state index in [-0.39, 0.29) is 12.5 Å². The number of benzene rings is 1. The van der Waals surface area contributed by atoms with Gasteiger partial charge in [0, 0.05) is 25.3 Å². The molecule has 1 amide bonds. The molecule has 1 aromatic carbocycles. The Bertz CT molecular complexity index is 610.